The van der Waals surface area contributed by atoms with Crippen molar-refractivity contribution in [2.75, 3.05) is 0 Å². The van der Waals surface area contributed by atoms with E-state index in [1.165, 1.54) is 25.3 Å². The van der Waals surface area contributed by atoms with Gasteiger partial charge in [0.1, 0.15) is 17.1 Å². The van der Waals surface area contributed by atoms with E-state index in [4.69, 9.17) is 0 Å². The van der Waals surface area contributed by atoms with E-state index < -0.39 is 0 Å². The molecular formula is C20H29FN2O. The lowest BCUT2D eigenvalue weighted by Crippen LogP contribution is -2.11. The molecule has 132 valence electrons. The molecule has 0 radical (unpaired) electrons. The molecule has 0 unspecified atom stereocenters. The quantitative estimate of drug-likeness (QED) is 0.749. The number of fused-ring (bicyclic) bond motifs is 1. The highest BCUT2D eigenvalue weighted by molar-refractivity contribution is 5.78. The summed E-state index contributed by atoms with van der Waals surface area (Å²) in [7, 11) is 0. The second-order valence-electron chi connectivity index (χ2n) is 7.91. The molecule has 2 aromatic heterocycles. The standard InChI is InChI=1S/C12H13FN2.C8H16O/c1-8-11(9-4-2-5-9)12-10(13)6-3-7-15(12)14-8;1-5-7(9)6-8(2,3)4/h3,6-7,9H,2,4-5H2,1H3;5-6H2,1-4H3. The van der Waals surface area contributed by atoms with Crippen molar-refractivity contribution in [1.29, 1.82) is 0 Å². The Bertz CT molecular complexity index is 708. The van der Waals surface area contributed by atoms with Crippen LogP contribution in [0.5, 0.6) is 0 Å². The molecule has 0 bridgehead atoms. The van der Waals surface area contributed by atoms with E-state index in [-0.39, 0.29) is 11.2 Å². The van der Waals surface area contributed by atoms with Gasteiger partial charge in [0.15, 0.2) is 0 Å². The maximum absolute atomic E-state index is 13.7. The molecule has 1 aliphatic carbocycles. The summed E-state index contributed by atoms with van der Waals surface area (Å²) in [5.41, 5.74) is 2.96. The summed E-state index contributed by atoms with van der Waals surface area (Å²) in [6, 6.07) is 3.21. The molecule has 0 saturated heterocycles. The first-order valence-corrected chi connectivity index (χ1v) is 8.88. The SMILES string of the molecule is CCC(=O)CC(C)(C)C.Cc1nn2cccc(F)c2c1C1CCC1. The van der Waals surface area contributed by atoms with Crippen molar-refractivity contribution in [3.63, 3.8) is 0 Å². The number of hydrogen-bond donors (Lipinski definition) is 0. The number of ketones is 1. The molecule has 0 spiro atoms. The number of hydrogen-bond acceptors (Lipinski definition) is 2. The lowest BCUT2D eigenvalue weighted by molar-refractivity contribution is -0.120. The molecule has 0 aromatic carbocycles. The van der Waals surface area contributed by atoms with Crippen LogP contribution in [0.15, 0.2) is 18.3 Å². The van der Waals surface area contributed by atoms with E-state index in [1.54, 1.807) is 10.6 Å². The number of halogens is 1. The number of pyridine rings is 1. The Morgan fingerprint density at radius 1 is 1.38 bits per heavy atom. The first-order valence-electron chi connectivity index (χ1n) is 8.88. The summed E-state index contributed by atoms with van der Waals surface area (Å²) in [6.07, 6.45) is 6.82. The Morgan fingerprint density at radius 2 is 2.04 bits per heavy atom. The second kappa shape index (κ2) is 7.45. The van der Waals surface area contributed by atoms with Gasteiger partial charge in [-0.2, -0.15) is 5.10 Å². The number of aromatic nitrogens is 2. The van der Waals surface area contributed by atoms with Gasteiger partial charge in [0.2, 0.25) is 0 Å². The van der Waals surface area contributed by atoms with Gasteiger partial charge in [0.25, 0.3) is 0 Å². The average molecular weight is 332 g/mol. The van der Waals surface area contributed by atoms with Crippen molar-refractivity contribution in [3.8, 4) is 0 Å². The molecule has 2 heterocycles. The molecule has 0 atom stereocenters. The van der Waals surface area contributed by atoms with E-state index in [0.717, 1.165) is 11.3 Å². The van der Waals surface area contributed by atoms with E-state index in [2.05, 4.69) is 25.9 Å². The zero-order chi connectivity index (χ0) is 17.9. The van der Waals surface area contributed by atoms with Crippen LogP contribution < -0.4 is 0 Å². The predicted molar refractivity (Wildman–Crippen MR) is 95.8 cm³/mol. The number of nitrogens with zero attached hydrogens (tertiary/aromatic N) is 2. The van der Waals surface area contributed by atoms with Gasteiger partial charge < -0.3 is 0 Å². The first kappa shape index (κ1) is 18.6. The van der Waals surface area contributed by atoms with Gasteiger partial charge in [-0.1, -0.05) is 34.1 Å². The minimum Gasteiger partial charge on any atom is -0.300 e. The lowest BCUT2D eigenvalue weighted by Gasteiger charge is -2.25. The predicted octanol–water partition coefficient (Wildman–Crippen LogP) is 5.45. The fourth-order valence-electron chi connectivity index (χ4n) is 3.10. The molecular weight excluding hydrogens is 303 g/mol. The van der Waals surface area contributed by atoms with Crippen LogP contribution in [0.1, 0.15) is 77.0 Å². The van der Waals surface area contributed by atoms with Gasteiger partial charge >= 0.3 is 0 Å². The molecule has 1 fully saturated rings. The normalized spacial score (nSPS) is 14.9. The van der Waals surface area contributed by atoms with Crippen molar-refractivity contribution < 1.29 is 9.18 Å². The maximum Gasteiger partial charge on any atom is 0.149 e. The monoisotopic (exact) mass is 332 g/mol. The topological polar surface area (TPSA) is 34.4 Å². The van der Waals surface area contributed by atoms with Gasteiger partial charge in [-0.05, 0) is 43.2 Å². The average Bonchev–Trinajstić information content (AvgIpc) is 2.74. The highest BCUT2D eigenvalue weighted by Crippen LogP contribution is 2.40. The molecule has 2 aromatic rings. The van der Waals surface area contributed by atoms with E-state index >= 15 is 0 Å². The van der Waals surface area contributed by atoms with E-state index in [0.29, 0.717) is 30.1 Å². The number of carbonyl (C=O) groups excluding carboxylic acids is 1. The van der Waals surface area contributed by atoms with E-state index in [9.17, 15) is 9.18 Å². The lowest BCUT2D eigenvalue weighted by atomic mass is 9.79. The summed E-state index contributed by atoms with van der Waals surface area (Å²) < 4.78 is 15.4. The summed E-state index contributed by atoms with van der Waals surface area (Å²) in [5, 5.41) is 4.35. The van der Waals surface area contributed by atoms with Gasteiger partial charge in [-0.15, -0.1) is 0 Å². The van der Waals surface area contributed by atoms with Crippen molar-refractivity contribution in [2.24, 2.45) is 5.41 Å². The van der Waals surface area contributed by atoms with Crippen LogP contribution in [-0.4, -0.2) is 15.4 Å². The summed E-state index contributed by atoms with van der Waals surface area (Å²) >= 11 is 0. The summed E-state index contributed by atoms with van der Waals surface area (Å²) in [4.78, 5) is 10.8. The molecule has 0 aliphatic heterocycles. The maximum atomic E-state index is 13.7. The molecule has 24 heavy (non-hydrogen) atoms. The van der Waals surface area contributed by atoms with Crippen LogP contribution in [0.2, 0.25) is 0 Å². The molecule has 3 nitrogen and oxygen atoms in total. The molecule has 3 rings (SSSR count). The summed E-state index contributed by atoms with van der Waals surface area (Å²) in [5.74, 6) is 0.738. The second-order valence-corrected chi connectivity index (χ2v) is 7.91. The molecule has 0 N–H and O–H groups in total. The number of Topliss-reactive ketones (excluding diaryl/α,β-unsaturated/α-hetero) is 1. The Kier molecular flexibility index (Phi) is 5.79. The third-order valence-corrected chi connectivity index (χ3v) is 4.46. The van der Waals surface area contributed by atoms with Gasteiger partial charge in [0, 0.05) is 24.6 Å². The highest BCUT2D eigenvalue weighted by Gasteiger charge is 2.26. The fourth-order valence-corrected chi connectivity index (χ4v) is 3.10. The highest BCUT2D eigenvalue weighted by atomic mass is 19.1. The van der Waals surface area contributed by atoms with Crippen LogP contribution in [0.4, 0.5) is 4.39 Å². The molecule has 4 heteroatoms. The summed E-state index contributed by atoms with van der Waals surface area (Å²) in [6.45, 7) is 10.1. The Labute approximate surface area is 144 Å². The third kappa shape index (κ3) is 4.43. The van der Waals surface area contributed by atoms with Crippen molar-refractivity contribution >= 4 is 11.3 Å². The van der Waals surface area contributed by atoms with Crippen LogP contribution in [0.3, 0.4) is 0 Å². The van der Waals surface area contributed by atoms with Crippen LogP contribution in [0.25, 0.3) is 5.52 Å². The Morgan fingerprint density at radius 3 is 2.50 bits per heavy atom. The number of rotatable bonds is 3. The van der Waals surface area contributed by atoms with Crippen LogP contribution >= 0.6 is 0 Å². The van der Waals surface area contributed by atoms with Crippen molar-refractivity contribution in [1.82, 2.24) is 9.61 Å². The van der Waals surface area contributed by atoms with Gasteiger partial charge in [-0.25, -0.2) is 8.91 Å². The Hall–Kier alpha value is -1.71. The van der Waals surface area contributed by atoms with Crippen LogP contribution in [-0.2, 0) is 4.79 Å². The first-order chi connectivity index (χ1) is 11.2. The molecule has 1 aliphatic rings. The number of aryl methyl sites for hydroxylation is 1. The zero-order valence-corrected chi connectivity index (χ0v) is 15.5. The van der Waals surface area contributed by atoms with Crippen molar-refractivity contribution in [3.05, 3.63) is 35.4 Å². The smallest absolute Gasteiger partial charge is 0.149 e. The Balaban J connectivity index is 0.000000202. The third-order valence-electron chi connectivity index (χ3n) is 4.46. The zero-order valence-electron chi connectivity index (χ0n) is 15.5. The molecule has 1 saturated carbocycles. The van der Waals surface area contributed by atoms with Gasteiger partial charge in [-0.3, -0.25) is 4.79 Å². The van der Waals surface area contributed by atoms with Crippen molar-refractivity contribution in [2.45, 2.75) is 72.6 Å². The van der Waals surface area contributed by atoms with Gasteiger partial charge in [0.05, 0.1) is 5.69 Å². The fraction of sp³-hybridized carbons (Fsp3) is 0.600. The van der Waals surface area contributed by atoms with E-state index in [1.807, 2.05) is 20.0 Å². The van der Waals surface area contributed by atoms with Crippen LogP contribution in [0, 0.1) is 18.2 Å². The largest absolute Gasteiger partial charge is 0.300 e. The minimum atomic E-state index is -0.153. The minimum absolute atomic E-state index is 0.153. The molecule has 0 amide bonds. The number of carbonyl (C=O) groups is 1.